The van der Waals surface area contributed by atoms with E-state index in [0.717, 1.165) is 31.2 Å². The third-order valence-corrected chi connectivity index (χ3v) is 5.09. The fourth-order valence-electron chi connectivity index (χ4n) is 3.70. The Hall–Kier alpha value is -1.43. The van der Waals surface area contributed by atoms with Gasteiger partial charge in [0, 0.05) is 38.6 Å². The molecule has 0 aromatic heterocycles. The largest absolute Gasteiger partial charge is 0.378 e. The molecule has 25 heavy (non-hydrogen) atoms. The first-order valence-corrected chi connectivity index (χ1v) is 9.57. The Balaban J connectivity index is 1.40. The molecule has 2 saturated heterocycles. The Morgan fingerprint density at radius 3 is 2.84 bits per heavy atom. The Morgan fingerprint density at radius 2 is 2.12 bits per heavy atom. The molecule has 2 aliphatic heterocycles. The van der Waals surface area contributed by atoms with E-state index >= 15 is 0 Å². The molecule has 2 fully saturated rings. The van der Waals surface area contributed by atoms with Gasteiger partial charge in [0.2, 0.25) is 5.91 Å². The standard InChI is InChI=1S/C20H31N3O2/c1-16-3-2-9-23(13-16)14-18-6-4-17(5-7-18)12-22-20(24)11-19-15-25-10-8-21-19/h4-7,16,19,21H,2-3,8-15H2,1H3,(H,22,24). The van der Waals surface area contributed by atoms with Gasteiger partial charge < -0.3 is 15.4 Å². The molecule has 0 bridgehead atoms. The van der Waals surface area contributed by atoms with Gasteiger partial charge in [0.05, 0.1) is 13.2 Å². The van der Waals surface area contributed by atoms with Crippen molar-refractivity contribution >= 4 is 5.91 Å². The van der Waals surface area contributed by atoms with Crippen LogP contribution in [0, 0.1) is 5.92 Å². The zero-order chi connectivity index (χ0) is 17.5. The number of hydrogen-bond acceptors (Lipinski definition) is 4. The lowest BCUT2D eigenvalue weighted by atomic mass is 9.99. The van der Waals surface area contributed by atoms with Crippen molar-refractivity contribution in [3.63, 3.8) is 0 Å². The van der Waals surface area contributed by atoms with Gasteiger partial charge in [-0.25, -0.2) is 0 Å². The summed E-state index contributed by atoms with van der Waals surface area (Å²) in [6.07, 6.45) is 3.15. The zero-order valence-electron chi connectivity index (χ0n) is 15.3. The minimum atomic E-state index is 0.0781. The molecule has 2 unspecified atom stereocenters. The van der Waals surface area contributed by atoms with Gasteiger partial charge >= 0.3 is 0 Å². The molecular weight excluding hydrogens is 314 g/mol. The molecule has 138 valence electrons. The van der Waals surface area contributed by atoms with Gasteiger partial charge in [0.15, 0.2) is 0 Å². The Bertz CT molecular complexity index is 540. The average Bonchev–Trinajstić information content (AvgIpc) is 2.62. The van der Waals surface area contributed by atoms with Gasteiger partial charge in [-0.2, -0.15) is 0 Å². The fourth-order valence-corrected chi connectivity index (χ4v) is 3.70. The molecule has 5 heteroatoms. The molecule has 3 rings (SSSR count). The summed E-state index contributed by atoms with van der Waals surface area (Å²) in [7, 11) is 0. The topological polar surface area (TPSA) is 53.6 Å². The Labute approximate surface area is 151 Å². The van der Waals surface area contributed by atoms with E-state index in [2.05, 4.69) is 46.7 Å². The van der Waals surface area contributed by atoms with E-state index in [1.807, 2.05) is 0 Å². The first-order chi connectivity index (χ1) is 12.2. The second-order valence-electron chi connectivity index (χ2n) is 7.51. The number of hydrogen-bond donors (Lipinski definition) is 2. The summed E-state index contributed by atoms with van der Waals surface area (Å²) in [6.45, 7) is 8.57. The van der Waals surface area contributed by atoms with E-state index < -0.39 is 0 Å². The monoisotopic (exact) mass is 345 g/mol. The van der Waals surface area contributed by atoms with Crippen LogP contribution < -0.4 is 10.6 Å². The number of carbonyl (C=O) groups excluding carboxylic acids is 1. The highest BCUT2D eigenvalue weighted by Crippen LogP contribution is 2.18. The molecule has 0 saturated carbocycles. The molecule has 5 nitrogen and oxygen atoms in total. The summed E-state index contributed by atoms with van der Waals surface area (Å²) in [5, 5.41) is 6.31. The molecule has 2 heterocycles. The molecule has 0 spiro atoms. The predicted molar refractivity (Wildman–Crippen MR) is 99.2 cm³/mol. The van der Waals surface area contributed by atoms with Gasteiger partial charge in [-0.05, 0) is 36.4 Å². The van der Waals surface area contributed by atoms with Crippen molar-refractivity contribution in [3.8, 4) is 0 Å². The van der Waals surface area contributed by atoms with E-state index in [-0.39, 0.29) is 11.9 Å². The van der Waals surface area contributed by atoms with Gasteiger partial charge in [0.1, 0.15) is 0 Å². The Morgan fingerprint density at radius 1 is 1.32 bits per heavy atom. The summed E-state index contributed by atoms with van der Waals surface area (Å²) >= 11 is 0. The molecule has 0 aliphatic carbocycles. The first kappa shape index (κ1) is 18.4. The first-order valence-electron chi connectivity index (χ1n) is 9.57. The third-order valence-electron chi connectivity index (χ3n) is 5.09. The summed E-state index contributed by atoms with van der Waals surface area (Å²) < 4.78 is 5.38. The number of piperidine rings is 1. The number of benzene rings is 1. The number of morpholine rings is 1. The number of ether oxygens (including phenoxy) is 1. The number of amides is 1. The number of rotatable bonds is 6. The maximum absolute atomic E-state index is 12.0. The van der Waals surface area contributed by atoms with Crippen LogP contribution in [-0.4, -0.2) is 49.7 Å². The highest BCUT2D eigenvalue weighted by molar-refractivity contribution is 5.76. The molecular formula is C20H31N3O2. The molecule has 2 atom stereocenters. The van der Waals surface area contributed by atoms with E-state index in [0.29, 0.717) is 19.6 Å². The van der Waals surface area contributed by atoms with Crippen molar-refractivity contribution in [1.82, 2.24) is 15.5 Å². The maximum atomic E-state index is 12.0. The highest BCUT2D eigenvalue weighted by Gasteiger charge is 2.17. The minimum Gasteiger partial charge on any atom is -0.378 e. The molecule has 2 aliphatic rings. The summed E-state index contributed by atoms with van der Waals surface area (Å²) in [5.74, 6) is 0.890. The maximum Gasteiger partial charge on any atom is 0.221 e. The van der Waals surface area contributed by atoms with Crippen molar-refractivity contribution in [2.45, 2.75) is 45.3 Å². The zero-order valence-corrected chi connectivity index (χ0v) is 15.3. The van der Waals surface area contributed by atoms with Crippen molar-refractivity contribution in [3.05, 3.63) is 35.4 Å². The number of nitrogens with one attached hydrogen (secondary N) is 2. The molecule has 2 N–H and O–H groups in total. The van der Waals surface area contributed by atoms with Gasteiger partial charge in [-0.1, -0.05) is 31.2 Å². The van der Waals surface area contributed by atoms with E-state index in [1.165, 1.54) is 31.5 Å². The summed E-state index contributed by atoms with van der Waals surface area (Å²) in [4.78, 5) is 14.6. The lowest BCUT2D eigenvalue weighted by molar-refractivity contribution is -0.122. The van der Waals surface area contributed by atoms with Crippen LogP contribution in [0.1, 0.15) is 37.3 Å². The van der Waals surface area contributed by atoms with Crippen LogP contribution in [0.4, 0.5) is 0 Å². The molecule has 1 amide bonds. The van der Waals surface area contributed by atoms with E-state index in [1.54, 1.807) is 0 Å². The normalized spacial score (nSPS) is 24.8. The average molecular weight is 345 g/mol. The van der Waals surface area contributed by atoms with Crippen molar-refractivity contribution in [1.29, 1.82) is 0 Å². The smallest absolute Gasteiger partial charge is 0.221 e. The highest BCUT2D eigenvalue weighted by atomic mass is 16.5. The van der Waals surface area contributed by atoms with Crippen LogP contribution in [0.5, 0.6) is 0 Å². The van der Waals surface area contributed by atoms with Crippen molar-refractivity contribution in [2.75, 3.05) is 32.8 Å². The quantitative estimate of drug-likeness (QED) is 0.827. The van der Waals surface area contributed by atoms with E-state index in [4.69, 9.17) is 4.74 Å². The number of likely N-dealkylation sites (tertiary alicyclic amines) is 1. The van der Waals surface area contributed by atoms with Crippen LogP contribution in [0.3, 0.4) is 0 Å². The molecule has 1 aromatic carbocycles. The SMILES string of the molecule is CC1CCCN(Cc2ccc(CNC(=O)CC3COCCN3)cc2)C1. The predicted octanol–water partition coefficient (Wildman–Crippen LogP) is 1.91. The van der Waals surface area contributed by atoms with Crippen LogP contribution >= 0.6 is 0 Å². The second kappa shape index (κ2) is 9.32. The van der Waals surface area contributed by atoms with Crippen LogP contribution in [0.25, 0.3) is 0 Å². The second-order valence-corrected chi connectivity index (χ2v) is 7.51. The summed E-state index contributed by atoms with van der Waals surface area (Å²) in [6, 6.07) is 8.79. The number of nitrogens with zero attached hydrogens (tertiary/aromatic N) is 1. The van der Waals surface area contributed by atoms with E-state index in [9.17, 15) is 4.79 Å². The van der Waals surface area contributed by atoms with Crippen LogP contribution in [0.2, 0.25) is 0 Å². The lowest BCUT2D eigenvalue weighted by Crippen LogP contribution is -2.44. The third kappa shape index (κ3) is 6.10. The van der Waals surface area contributed by atoms with Gasteiger partial charge in [-0.3, -0.25) is 9.69 Å². The Kier molecular flexibility index (Phi) is 6.84. The van der Waals surface area contributed by atoms with Gasteiger partial charge in [-0.15, -0.1) is 0 Å². The van der Waals surface area contributed by atoms with Crippen molar-refractivity contribution < 1.29 is 9.53 Å². The minimum absolute atomic E-state index is 0.0781. The molecule has 1 aromatic rings. The summed E-state index contributed by atoms with van der Waals surface area (Å²) in [5.41, 5.74) is 2.50. The lowest BCUT2D eigenvalue weighted by Gasteiger charge is -2.30. The molecule has 0 radical (unpaired) electrons. The van der Waals surface area contributed by atoms with Crippen LogP contribution in [0.15, 0.2) is 24.3 Å². The number of carbonyl (C=O) groups is 1. The van der Waals surface area contributed by atoms with Crippen LogP contribution in [-0.2, 0) is 22.6 Å². The van der Waals surface area contributed by atoms with Crippen molar-refractivity contribution in [2.24, 2.45) is 5.92 Å². The van der Waals surface area contributed by atoms with Gasteiger partial charge in [0.25, 0.3) is 0 Å². The fraction of sp³-hybridized carbons (Fsp3) is 0.650.